The molecule has 0 saturated heterocycles. The van der Waals surface area contributed by atoms with Crippen molar-refractivity contribution in [2.75, 3.05) is 12.4 Å². The smallest absolute Gasteiger partial charge is 0.311 e. The van der Waals surface area contributed by atoms with Crippen molar-refractivity contribution in [2.24, 2.45) is 0 Å². The highest BCUT2D eigenvalue weighted by Gasteiger charge is 2.20. The Bertz CT molecular complexity index is 587. The maximum absolute atomic E-state index is 11.1. The molecule has 2 aromatic rings. The van der Waals surface area contributed by atoms with E-state index in [-0.39, 0.29) is 17.5 Å². The van der Waals surface area contributed by atoms with Gasteiger partial charge in [0, 0.05) is 17.0 Å². The Morgan fingerprint density at radius 3 is 2.85 bits per heavy atom. The average molecular weight is 293 g/mol. The summed E-state index contributed by atoms with van der Waals surface area (Å²) in [5.74, 6) is 0.578. The van der Waals surface area contributed by atoms with Crippen molar-refractivity contribution in [3.8, 4) is 5.88 Å². The van der Waals surface area contributed by atoms with Crippen LogP contribution >= 0.6 is 11.3 Å². The van der Waals surface area contributed by atoms with Gasteiger partial charge in [-0.05, 0) is 17.9 Å². The van der Waals surface area contributed by atoms with Crippen LogP contribution in [0.15, 0.2) is 29.6 Å². The van der Waals surface area contributed by atoms with E-state index in [4.69, 9.17) is 4.74 Å². The summed E-state index contributed by atoms with van der Waals surface area (Å²) in [6.07, 6.45) is 0.802. The summed E-state index contributed by atoms with van der Waals surface area (Å²) >= 11 is 1.61. The zero-order valence-electron chi connectivity index (χ0n) is 11.2. The van der Waals surface area contributed by atoms with Crippen LogP contribution in [0.3, 0.4) is 0 Å². The van der Waals surface area contributed by atoms with Crippen LogP contribution in [0.1, 0.15) is 24.3 Å². The first-order valence-corrected chi connectivity index (χ1v) is 7.03. The third-order valence-corrected chi connectivity index (χ3v) is 3.85. The zero-order valence-corrected chi connectivity index (χ0v) is 12.0. The number of ether oxygens (including phenoxy) is 1. The SMILES string of the molecule is CCC(Nc1nc(OC)ccc1[N+](=O)[O-])c1cccs1. The molecule has 1 atom stereocenters. The average Bonchev–Trinajstić information content (AvgIpc) is 2.98. The molecule has 0 radical (unpaired) electrons. The number of pyridine rings is 1. The first-order chi connectivity index (χ1) is 9.65. The third-order valence-electron chi connectivity index (χ3n) is 2.86. The van der Waals surface area contributed by atoms with Gasteiger partial charge in [-0.2, -0.15) is 4.98 Å². The molecule has 2 heterocycles. The van der Waals surface area contributed by atoms with Crippen LogP contribution in [0.25, 0.3) is 0 Å². The molecule has 0 fully saturated rings. The van der Waals surface area contributed by atoms with E-state index in [2.05, 4.69) is 10.3 Å². The Balaban J connectivity index is 2.33. The van der Waals surface area contributed by atoms with Gasteiger partial charge in [-0.15, -0.1) is 11.3 Å². The van der Waals surface area contributed by atoms with E-state index in [0.29, 0.717) is 5.88 Å². The Labute approximate surface area is 120 Å². The molecule has 2 aromatic heterocycles. The quantitative estimate of drug-likeness (QED) is 0.650. The molecular formula is C13H15N3O3S. The van der Waals surface area contributed by atoms with Crippen molar-refractivity contribution in [3.63, 3.8) is 0 Å². The van der Waals surface area contributed by atoms with Crippen LogP contribution in [0.4, 0.5) is 11.5 Å². The van der Waals surface area contributed by atoms with E-state index < -0.39 is 4.92 Å². The summed E-state index contributed by atoms with van der Waals surface area (Å²) in [5, 5.41) is 16.2. The largest absolute Gasteiger partial charge is 0.481 e. The monoisotopic (exact) mass is 293 g/mol. The topological polar surface area (TPSA) is 77.3 Å². The Morgan fingerprint density at radius 1 is 1.50 bits per heavy atom. The predicted octanol–water partition coefficient (Wildman–Crippen LogP) is 3.62. The second-order valence-electron chi connectivity index (χ2n) is 4.10. The molecule has 0 aliphatic carbocycles. The molecule has 0 bridgehead atoms. The highest BCUT2D eigenvalue weighted by Crippen LogP contribution is 2.31. The summed E-state index contributed by atoms with van der Waals surface area (Å²) in [5.41, 5.74) is -0.0548. The van der Waals surface area contributed by atoms with Gasteiger partial charge >= 0.3 is 5.69 Å². The Hall–Kier alpha value is -2.15. The summed E-state index contributed by atoms with van der Waals surface area (Å²) < 4.78 is 5.02. The number of rotatable bonds is 6. The lowest BCUT2D eigenvalue weighted by Crippen LogP contribution is -2.11. The zero-order chi connectivity index (χ0) is 14.5. The van der Waals surface area contributed by atoms with Gasteiger partial charge < -0.3 is 10.1 Å². The molecule has 106 valence electrons. The highest BCUT2D eigenvalue weighted by atomic mass is 32.1. The van der Waals surface area contributed by atoms with Crippen LogP contribution < -0.4 is 10.1 Å². The number of hydrogen-bond donors (Lipinski definition) is 1. The molecule has 7 heteroatoms. The number of aromatic nitrogens is 1. The molecule has 0 amide bonds. The Kier molecular flexibility index (Phi) is 4.52. The van der Waals surface area contributed by atoms with E-state index in [1.54, 1.807) is 11.3 Å². The third kappa shape index (κ3) is 3.05. The van der Waals surface area contributed by atoms with E-state index in [9.17, 15) is 10.1 Å². The number of nitro groups is 1. The fourth-order valence-electron chi connectivity index (χ4n) is 1.83. The molecule has 0 aliphatic heterocycles. The lowest BCUT2D eigenvalue weighted by Gasteiger charge is -2.16. The second kappa shape index (κ2) is 6.33. The van der Waals surface area contributed by atoms with Gasteiger partial charge in [-0.25, -0.2) is 0 Å². The molecule has 1 unspecified atom stereocenters. The van der Waals surface area contributed by atoms with E-state index >= 15 is 0 Å². The summed E-state index contributed by atoms with van der Waals surface area (Å²) in [6, 6.07) is 6.83. The summed E-state index contributed by atoms with van der Waals surface area (Å²) in [4.78, 5) is 15.9. The number of anilines is 1. The predicted molar refractivity (Wildman–Crippen MR) is 78.4 cm³/mol. The van der Waals surface area contributed by atoms with Crippen LogP contribution in [-0.2, 0) is 0 Å². The van der Waals surface area contributed by atoms with Crippen LogP contribution in [0, 0.1) is 10.1 Å². The molecule has 20 heavy (non-hydrogen) atoms. The molecule has 0 saturated carbocycles. The van der Waals surface area contributed by atoms with Crippen molar-refractivity contribution < 1.29 is 9.66 Å². The van der Waals surface area contributed by atoms with Crippen molar-refractivity contribution in [3.05, 3.63) is 44.6 Å². The second-order valence-corrected chi connectivity index (χ2v) is 5.08. The normalized spacial score (nSPS) is 11.9. The van der Waals surface area contributed by atoms with Crippen molar-refractivity contribution in [1.82, 2.24) is 4.98 Å². The van der Waals surface area contributed by atoms with Crippen molar-refractivity contribution >= 4 is 22.8 Å². The van der Waals surface area contributed by atoms with Crippen LogP contribution in [0.5, 0.6) is 5.88 Å². The summed E-state index contributed by atoms with van der Waals surface area (Å²) in [6.45, 7) is 2.02. The molecular weight excluding hydrogens is 278 g/mol. The van der Waals surface area contributed by atoms with Crippen LogP contribution in [-0.4, -0.2) is 17.0 Å². The van der Waals surface area contributed by atoms with Gasteiger partial charge in [0.25, 0.3) is 0 Å². The number of thiophene rings is 1. The van der Waals surface area contributed by atoms with Gasteiger partial charge in [0.2, 0.25) is 11.7 Å². The van der Waals surface area contributed by atoms with Gasteiger partial charge in [0.1, 0.15) is 0 Å². The molecule has 2 rings (SSSR count). The standard InChI is InChI=1S/C13H15N3O3S/c1-3-9(11-5-4-8-20-11)14-13-10(16(17)18)6-7-12(15-13)19-2/h4-9H,3H2,1-2H3,(H,14,15). The van der Waals surface area contributed by atoms with Crippen molar-refractivity contribution in [1.29, 1.82) is 0 Å². The first kappa shape index (κ1) is 14.3. The molecule has 0 aliphatic rings. The molecule has 1 N–H and O–H groups in total. The van der Waals surface area contributed by atoms with Gasteiger partial charge in [0.05, 0.1) is 18.1 Å². The lowest BCUT2D eigenvalue weighted by atomic mass is 10.2. The van der Waals surface area contributed by atoms with Crippen LogP contribution in [0.2, 0.25) is 0 Å². The van der Waals surface area contributed by atoms with Gasteiger partial charge in [-0.1, -0.05) is 13.0 Å². The molecule has 0 spiro atoms. The summed E-state index contributed by atoms with van der Waals surface area (Å²) in [7, 11) is 1.48. The molecule has 0 aromatic carbocycles. The first-order valence-electron chi connectivity index (χ1n) is 6.15. The van der Waals surface area contributed by atoms with Gasteiger partial charge in [0.15, 0.2) is 0 Å². The molecule has 6 nitrogen and oxygen atoms in total. The minimum Gasteiger partial charge on any atom is -0.481 e. The van der Waals surface area contributed by atoms with Crippen molar-refractivity contribution in [2.45, 2.75) is 19.4 Å². The minimum atomic E-state index is -0.448. The number of methoxy groups -OCH3 is 1. The minimum absolute atomic E-state index is 0.00620. The highest BCUT2D eigenvalue weighted by molar-refractivity contribution is 7.10. The maximum Gasteiger partial charge on any atom is 0.311 e. The number of nitrogens with one attached hydrogen (secondary N) is 1. The van der Waals surface area contributed by atoms with E-state index in [1.165, 1.54) is 19.2 Å². The lowest BCUT2D eigenvalue weighted by molar-refractivity contribution is -0.384. The van der Waals surface area contributed by atoms with Gasteiger partial charge in [-0.3, -0.25) is 10.1 Å². The number of nitrogens with zero attached hydrogens (tertiary/aromatic N) is 2. The Morgan fingerprint density at radius 2 is 2.30 bits per heavy atom. The van der Waals surface area contributed by atoms with E-state index in [0.717, 1.165) is 11.3 Å². The fourth-order valence-corrected chi connectivity index (χ4v) is 2.69. The number of hydrogen-bond acceptors (Lipinski definition) is 6. The van der Waals surface area contributed by atoms with E-state index in [1.807, 2.05) is 24.4 Å². The fraction of sp³-hybridized carbons (Fsp3) is 0.308. The maximum atomic E-state index is 11.1.